The fourth-order valence-corrected chi connectivity index (χ4v) is 2.79. The molecular weight excluding hydrogens is 282 g/mol. The highest BCUT2D eigenvalue weighted by molar-refractivity contribution is 5.91. The van der Waals surface area contributed by atoms with Crippen LogP contribution in [-0.4, -0.2) is 16.5 Å². The SMILES string of the molecule is Cc1c(NC(=O)NC(C)(C)CC(C)(C)C)cccc1[N+](=O)[O-]. The summed E-state index contributed by atoms with van der Waals surface area (Å²) in [4.78, 5) is 22.6. The number of nitrogens with one attached hydrogen (secondary N) is 2. The summed E-state index contributed by atoms with van der Waals surface area (Å²) in [5, 5.41) is 16.5. The molecule has 0 aliphatic carbocycles. The van der Waals surface area contributed by atoms with Gasteiger partial charge in [0.05, 0.1) is 16.2 Å². The van der Waals surface area contributed by atoms with Crippen LogP contribution in [0.15, 0.2) is 18.2 Å². The molecule has 122 valence electrons. The molecule has 2 N–H and O–H groups in total. The highest BCUT2D eigenvalue weighted by Gasteiger charge is 2.27. The van der Waals surface area contributed by atoms with E-state index in [4.69, 9.17) is 0 Å². The molecule has 1 aromatic carbocycles. The molecule has 0 saturated heterocycles. The van der Waals surface area contributed by atoms with Crippen LogP contribution in [0.3, 0.4) is 0 Å². The highest BCUT2D eigenvalue weighted by Crippen LogP contribution is 2.28. The van der Waals surface area contributed by atoms with E-state index in [1.165, 1.54) is 6.07 Å². The second-order valence-electron chi connectivity index (χ2n) is 7.41. The monoisotopic (exact) mass is 307 g/mol. The number of nitro benzene ring substituents is 1. The van der Waals surface area contributed by atoms with Crippen LogP contribution < -0.4 is 10.6 Å². The van der Waals surface area contributed by atoms with Gasteiger partial charge in [-0.05, 0) is 38.7 Å². The smallest absolute Gasteiger partial charge is 0.319 e. The molecular formula is C16H25N3O3. The van der Waals surface area contributed by atoms with Crippen LogP contribution in [0, 0.1) is 22.5 Å². The Labute approximate surface area is 131 Å². The minimum atomic E-state index is -0.456. The average molecular weight is 307 g/mol. The summed E-state index contributed by atoms with van der Waals surface area (Å²) in [6, 6.07) is 4.26. The lowest BCUT2D eigenvalue weighted by Gasteiger charge is -2.33. The summed E-state index contributed by atoms with van der Waals surface area (Å²) in [6.45, 7) is 11.9. The normalized spacial score (nSPS) is 11.9. The van der Waals surface area contributed by atoms with Gasteiger partial charge in [0.2, 0.25) is 0 Å². The van der Waals surface area contributed by atoms with Gasteiger partial charge >= 0.3 is 6.03 Å². The van der Waals surface area contributed by atoms with E-state index < -0.39 is 4.92 Å². The molecule has 0 fully saturated rings. The van der Waals surface area contributed by atoms with Gasteiger partial charge in [0.25, 0.3) is 5.69 Å². The topological polar surface area (TPSA) is 84.3 Å². The average Bonchev–Trinajstić information content (AvgIpc) is 2.27. The Kier molecular flexibility index (Phi) is 5.17. The third-order valence-corrected chi connectivity index (χ3v) is 3.17. The fraction of sp³-hybridized carbons (Fsp3) is 0.562. The Morgan fingerprint density at radius 2 is 1.82 bits per heavy atom. The van der Waals surface area contributed by atoms with Crippen LogP contribution in [0.25, 0.3) is 0 Å². The first-order valence-electron chi connectivity index (χ1n) is 7.24. The zero-order valence-corrected chi connectivity index (χ0v) is 14.1. The van der Waals surface area contributed by atoms with Gasteiger partial charge in [0, 0.05) is 11.6 Å². The lowest BCUT2D eigenvalue weighted by atomic mass is 9.82. The minimum Gasteiger partial charge on any atom is -0.333 e. The number of amides is 2. The molecule has 0 heterocycles. The van der Waals surface area contributed by atoms with Gasteiger partial charge in [-0.1, -0.05) is 26.8 Å². The van der Waals surface area contributed by atoms with Crippen LogP contribution in [0.4, 0.5) is 16.2 Å². The maximum Gasteiger partial charge on any atom is 0.319 e. The summed E-state index contributed by atoms with van der Waals surface area (Å²) in [6.07, 6.45) is 0.807. The van der Waals surface area contributed by atoms with Crippen molar-refractivity contribution in [1.82, 2.24) is 5.32 Å². The van der Waals surface area contributed by atoms with Crippen molar-refractivity contribution in [3.05, 3.63) is 33.9 Å². The number of anilines is 1. The highest BCUT2D eigenvalue weighted by atomic mass is 16.6. The van der Waals surface area contributed by atoms with Crippen molar-refractivity contribution in [3.8, 4) is 0 Å². The minimum absolute atomic E-state index is 0.00764. The first-order valence-corrected chi connectivity index (χ1v) is 7.24. The standard InChI is InChI=1S/C16H25N3O3/c1-11-12(8-7-9-13(11)19(21)22)17-14(20)18-16(5,6)10-15(2,3)4/h7-9H,10H2,1-6H3,(H2,17,18,20). The summed E-state index contributed by atoms with van der Waals surface area (Å²) in [5.74, 6) is 0. The van der Waals surface area contributed by atoms with Crippen molar-refractivity contribution in [3.63, 3.8) is 0 Å². The molecule has 0 bridgehead atoms. The van der Waals surface area contributed by atoms with Gasteiger partial charge in [-0.15, -0.1) is 0 Å². The zero-order chi connectivity index (χ0) is 17.1. The summed E-state index contributed by atoms with van der Waals surface area (Å²) in [7, 11) is 0. The molecule has 0 radical (unpaired) electrons. The van der Waals surface area contributed by atoms with Gasteiger partial charge < -0.3 is 10.6 Å². The molecule has 1 aromatic rings. The molecule has 0 aromatic heterocycles. The van der Waals surface area contributed by atoms with Crippen molar-refractivity contribution < 1.29 is 9.72 Å². The van der Waals surface area contributed by atoms with Gasteiger partial charge in [-0.2, -0.15) is 0 Å². The maximum absolute atomic E-state index is 12.2. The van der Waals surface area contributed by atoms with Gasteiger partial charge in [0.1, 0.15) is 0 Å². The van der Waals surface area contributed by atoms with Gasteiger partial charge in [0.15, 0.2) is 0 Å². The molecule has 2 amide bonds. The molecule has 0 saturated carbocycles. The predicted molar refractivity (Wildman–Crippen MR) is 88.1 cm³/mol. The largest absolute Gasteiger partial charge is 0.333 e. The van der Waals surface area contributed by atoms with E-state index in [2.05, 4.69) is 31.4 Å². The fourth-order valence-electron chi connectivity index (χ4n) is 2.79. The van der Waals surface area contributed by atoms with E-state index in [0.29, 0.717) is 11.3 Å². The number of nitrogens with zero attached hydrogens (tertiary/aromatic N) is 1. The molecule has 1 rings (SSSR count). The molecule has 6 nitrogen and oxygen atoms in total. The van der Waals surface area contributed by atoms with Crippen molar-refractivity contribution in [1.29, 1.82) is 0 Å². The Morgan fingerprint density at radius 3 is 2.32 bits per heavy atom. The van der Waals surface area contributed by atoms with Gasteiger partial charge in [-0.3, -0.25) is 10.1 Å². The van der Waals surface area contributed by atoms with E-state index in [0.717, 1.165) is 6.42 Å². The number of benzene rings is 1. The number of rotatable bonds is 4. The third kappa shape index (κ3) is 5.35. The quantitative estimate of drug-likeness (QED) is 0.644. The maximum atomic E-state index is 12.2. The summed E-state index contributed by atoms with van der Waals surface area (Å²) >= 11 is 0. The first-order chi connectivity index (χ1) is 9.91. The number of urea groups is 1. The zero-order valence-electron chi connectivity index (χ0n) is 14.1. The Hall–Kier alpha value is -2.11. The predicted octanol–water partition coefficient (Wildman–Crippen LogP) is 4.24. The van der Waals surface area contributed by atoms with Crippen molar-refractivity contribution in [2.45, 2.75) is 53.5 Å². The van der Waals surface area contributed by atoms with E-state index in [1.807, 2.05) is 13.8 Å². The van der Waals surface area contributed by atoms with Crippen LogP contribution in [0.1, 0.15) is 46.6 Å². The van der Waals surface area contributed by atoms with E-state index >= 15 is 0 Å². The first kappa shape index (κ1) is 17.9. The van der Waals surface area contributed by atoms with Crippen LogP contribution in [0.5, 0.6) is 0 Å². The molecule has 0 unspecified atom stereocenters. The van der Waals surface area contributed by atoms with Crippen molar-refractivity contribution >= 4 is 17.4 Å². The third-order valence-electron chi connectivity index (χ3n) is 3.17. The molecule has 6 heteroatoms. The summed E-state index contributed by atoms with van der Waals surface area (Å²) < 4.78 is 0. The Bertz CT molecular complexity index is 574. The number of carbonyl (C=O) groups is 1. The number of nitro groups is 1. The second-order valence-corrected chi connectivity index (χ2v) is 7.41. The molecule has 0 aliphatic heterocycles. The van der Waals surface area contributed by atoms with Crippen molar-refractivity contribution in [2.24, 2.45) is 5.41 Å². The number of carbonyl (C=O) groups excluding carboxylic acids is 1. The Balaban J connectivity index is 2.82. The van der Waals surface area contributed by atoms with Crippen molar-refractivity contribution in [2.75, 3.05) is 5.32 Å². The molecule has 22 heavy (non-hydrogen) atoms. The van der Waals surface area contributed by atoms with E-state index in [-0.39, 0.29) is 22.7 Å². The molecule has 0 aliphatic rings. The lowest BCUT2D eigenvalue weighted by Crippen LogP contribution is -2.47. The van der Waals surface area contributed by atoms with E-state index in [9.17, 15) is 14.9 Å². The lowest BCUT2D eigenvalue weighted by molar-refractivity contribution is -0.385. The second kappa shape index (κ2) is 6.34. The van der Waals surface area contributed by atoms with Gasteiger partial charge in [-0.25, -0.2) is 4.79 Å². The van der Waals surface area contributed by atoms with Crippen LogP contribution in [0.2, 0.25) is 0 Å². The van der Waals surface area contributed by atoms with Crippen LogP contribution >= 0.6 is 0 Å². The Morgan fingerprint density at radius 1 is 1.23 bits per heavy atom. The number of hydrogen-bond donors (Lipinski definition) is 2. The van der Waals surface area contributed by atoms with E-state index in [1.54, 1.807) is 19.1 Å². The molecule has 0 atom stereocenters. The summed E-state index contributed by atoms with van der Waals surface area (Å²) in [5.41, 5.74) is 0.580. The van der Waals surface area contributed by atoms with Crippen LogP contribution in [-0.2, 0) is 0 Å². The molecule has 0 spiro atoms. The number of hydrogen-bond acceptors (Lipinski definition) is 3.